The van der Waals surface area contributed by atoms with Crippen molar-refractivity contribution < 1.29 is 19.2 Å². The van der Waals surface area contributed by atoms with Gasteiger partial charge in [0.05, 0.1) is 11.8 Å². The molecule has 7 nitrogen and oxygen atoms in total. The number of allylic oxidation sites excluding steroid dienone is 2. The standard InChI is InChI=1S/C25H31Cl2N3O4/c1-4-15(2)28-23(32)16(3)30(14-17-9-10-18(26)13-21(17)27)22(31)11-12-29-24(33)19-7-5-6-8-20(19)25(29)34/h5-6,9-10,13,15-16,19-20H,4,7-8,11-12,14H2,1-3H3,(H,28,32)/t15-,16-,19-,20+/m0/s1. The summed E-state index contributed by atoms with van der Waals surface area (Å²) in [6, 6.07) is 4.16. The molecule has 2 aliphatic rings. The van der Waals surface area contributed by atoms with E-state index in [0.717, 1.165) is 6.42 Å². The molecule has 0 radical (unpaired) electrons. The lowest BCUT2D eigenvalue weighted by molar-refractivity contribution is -0.143. The topological polar surface area (TPSA) is 86.8 Å². The Balaban J connectivity index is 1.75. The molecule has 1 aliphatic heterocycles. The van der Waals surface area contributed by atoms with Gasteiger partial charge in [-0.1, -0.05) is 48.3 Å². The van der Waals surface area contributed by atoms with Crippen LogP contribution in [0, 0.1) is 11.8 Å². The van der Waals surface area contributed by atoms with Crippen molar-refractivity contribution in [2.24, 2.45) is 11.8 Å². The van der Waals surface area contributed by atoms with E-state index in [0.29, 0.717) is 28.5 Å². The first-order valence-electron chi connectivity index (χ1n) is 11.7. The van der Waals surface area contributed by atoms with Crippen LogP contribution in [0.2, 0.25) is 10.0 Å². The molecule has 0 spiro atoms. The number of amides is 4. The third kappa shape index (κ3) is 5.81. The number of rotatable bonds is 9. The highest BCUT2D eigenvalue weighted by molar-refractivity contribution is 6.35. The van der Waals surface area contributed by atoms with Gasteiger partial charge in [0.2, 0.25) is 23.6 Å². The molecule has 0 saturated carbocycles. The first-order chi connectivity index (χ1) is 16.1. The predicted molar refractivity (Wildman–Crippen MR) is 131 cm³/mol. The number of halogens is 2. The Labute approximate surface area is 210 Å². The third-order valence-corrected chi connectivity index (χ3v) is 7.26. The van der Waals surface area contributed by atoms with E-state index >= 15 is 0 Å². The van der Waals surface area contributed by atoms with E-state index in [4.69, 9.17) is 23.2 Å². The van der Waals surface area contributed by atoms with E-state index in [1.165, 1.54) is 9.80 Å². The molecule has 9 heteroatoms. The van der Waals surface area contributed by atoms with Crippen LogP contribution in [-0.2, 0) is 25.7 Å². The van der Waals surface area contributed by atoms with Gasteiger partial charge in [-0.15, -0.1) is 0 Å². The maximum atomic E-state index is 13.3. The molecule has 4 atom stereocenters. The van der Waals surface area contributed by atoms with E-state index < -0.39 is 6.04 Å². The Morgan fingerprint density at radius 2 is 1.74 bits per heavy atom. The average Bonchev–Trinajstić information content (AvgIpc) is 3.06. The number of carbonyl (C=O) groups excluding carboxylic acids is 4. The van der Waals surface area contributed by atoms with Crippen LogP contribution >= 0.6 is 23.2 Å². The van der Waals surface area contributed by atoms with E-state index in [9.17, 15) is 19.2 Å². The molecule has 1 N–H and O–H groups in total. The fraction of sp³-hybridized carbons (Fsp3) is 0.520. The normalized spacial score (nSPS) is 21.3. The van der Waals surface area contributed by atoms with Gasteiger partial charge in [0.15, 0.2) is 0 Å². The summed E-state index contributed by atoms with van der Waals surface area (Å²) in [5, 5.41) is 3.77. The Kier molecular flexibility index (Phi) is 8.77. The van der Waals surface area contributed by atoms with Crippen molar-refractivity contribution in [1.82, 2.24) is 15.1 Å². The lowest BCUT2D eigenvalue weighted by Crippen LogP contribution is -2.50. The Morgan fingerprint density at radius 1 is 1.12 bits per heavy atom. The number of benzene rings is 1. The fourth-order valence-corrected chi connectivity index (χ4v) is 4.79. The highest BCUT2D eigenvalue weighted by atomic mass is 35.5. The monoisotopic (exact) mass is 507 g/mol. The van der Waals surface area contributed by atoms with Crippen LogP contribution < -0.4 is 5.32 Å². The van der Waals surface area contributed by atoms with Crippen LogP contribution in [0.5, 0.6) is 0 Å². The molecule has 1 heterocycles. The van der Waals surface area contributed by atoms with Crippen molar-refractivity contribution in [3.8, 4) is 0 Å². The lowest BCUT2D eigenvalue weighted by atomic mass is 9.85. The highest BCUT2D eigenvalue weighted by Crippen LogP contribution is 2.35. The fourth-order valence-electron chi connectivity index (χ4n) is 4.32. The smallest absolute Gasteiger partial charge is 0.242 e. The predicted octanol–water partition coefficient (Wildman–Crippen LogP) is 3.97. The minimum atomic E-state index is -0.773. The third-order valence-electron chi connectivity index (χ3n) is 6.67. The second-order valence-electron chi connectivity index (χ2n) is 8.99. The number of nitrogens with one attached hydrogen (secondary N) is 1. The number of likely N-dealkylation sites (tertiary alicyclic amines) is 1. The zero-order valence-electron chi connectivity index (χ0n) is 19.7. The molecule has 1 aliphatic carbocycles. The summed E-state index contributed by atoms with van der Waals surface area (Å²) in [5.74, 6) is -1.73. The Bertz CT molecular complexity index is 970. The van der Waals surface area contributed by atoms with Crippen LogP contribution in [0.4, 0.5) is 0 Å². The van der Waals surface area contributed by atoms with Crippen LogP contribution in [0.25, 0.3) is 0 Å². The second-order valence-corrected chi connectivity index (χ2v) is 9.83. The molecule has 4 amide bonds. The molecular weight excluding hydrogens is 477 g/mol. The van der Waals surface area contributed by atoms with Crippen molar-refractivity contribution in [2.45, 2.75) is 65.1 Å². The summed E-state index contributed by atoms with van der Waals surface area (Å²) < 4.78 is 0. The average molecular weight is 508 g/mol. The minimum absolute atomic E-state index is 0.00590. The number of hydrogen-bond acceptors (Lipinski definition) is 4. The van der Waals surface area contributed by atoms with Gasteiger partial charge >= 0.3 is 0 Å². The minimum Gasteiger partial charge on any atom is -0.352 e. The van der Waals surface area contributed by atoms with Crippen molar-refractivity contribution in [3.05, 3.63) is 46.0 Å². The van der Waals surface area contributed by atoms with Gasteiger partial charge in [0, 0.05) is 35.6 Å². The first kappa shape index (κ1) is 26.2. The zero-order chi connectivity index (χ0) is 25.0. The number of imide groups is 1. The number of carbonyl (C=O) groups is 4. The van der Waals surface area contributed by atoms with Crippen molar-refractivity contribution in [3.63, 3.8) is 0 Å². The molecule has 0 bridgehead atoms. The van der Waals surface area contributed by atoms with Crippen LogP contribution in [0.1, 0.15) is 52.0 Å². The van der Waals surface area contributed by atoms with Crippen molar-refractivity contribution in [2.75, 3.05) is 6.54 Å². The van der Waals surface area contributed by atoms with Crippen molar-refractivity contribution >= 4 is 46.8 Å². The molecule has 3 rings (SSSR count). The van der Waals surface area contributed by atoms with E-state index in [1.807, 2.05) is 26.0 Å². The first-order valence-corrected chi connectivity index (χ1v) is 12.4. The Morgan fingerprint density at radius 3 is 2.29 bits per heavy atom. The summed E-state index contributed by atoms with van der Waals surface area (Å²) in [4.78, 5) is 54.3. The number of nitrogens with zero attached hydrogens (tertiary/aromatic N) is 2. The Hall–Kier alpha value is -2.38. The molecule has 1 aromatic carbocycles. The molecular formula is C25H31Cl2N3O4. The number of hydrogen-bond donors (Lipinski definition) is 1. The zero-order valence-corrected chi connectivity index (χ0v) is 21.2. The largest absolute Gasteiger partial charge is 0.352 e. The van der Waals surface area contributed by atoms with Gasteiger partial charge in [0.25, 0.3) is 0 Å². The van der Waals surface area contributed by atoms with Gasteiger partial charge in [-0.3, -0.25) is 24.1 Å². The maximum Gasteiger partial charge on any atom is 0.242 e. The van der Waals surface area contributed by atoms with Crippen LogP contribution in [0.3, 0.4) is 0 Å². The quantitative estimate of drug-likeness (QED) is 0.404. The molecule has 0 aromatic heterocycles. The molecule has 1 fully saturated rings. The van der Waals surface area contributed by atoms with Gasteiger partial charge < -0.3 is 10.2 Å². The van der Waals surface area contributed by atoms with Gasteiger partial charge in [-0.25, -0.2) is 0 Å². The van der Waals surface area contributed by atoms with Gasteiger partial charge in [0.1, 0.15) is 6.04 Å². The maximum absolute atomic E-state index is 13.3. The second kappa shape index (κ2) is 11.4. The van der Waals surface area contributed by atoms with Crippen LogP contribution in [0.15, 0.2) is 30.4 Å². The van der Waals surface area contributed by atoms with E-state index in [2.05, 4.69) is 5.32 Å². The summed E-state index contributed by atoms with van der Waals surface area (Å²) in [5.41, 5.74) is 0.646. The molecule has 184 valence electrons. The van der Waals surface area contributed by atoms with Crippen molar-refractivity contribution in [1.29, 1.82) is 0 Å². The molecule has 1 saturated heterocycles. The van der Waals surface area contributed by atoms with E-state index in [1.54, 1.807) is 25.1 Å². The number of fused-ring (bicyclic) bond motifs is 1. The molecule has 0 unspecified atom stereocenters. The highest BCUT2D eigenvalue weighted by Gasteiger charge is 2.47. The van der Waals surface area contributed by atoms with Gasteiger partial charge in [-0.2, -0.15) is 0 Å². The SMILES string of the molecule is CC[C@H](C)NC(=O)[C@H](C)N(Cc1ccc(Cl)cc1Cl)C(=O)CCN1C(=O)[C@H]2CC=CC[C@H]2C1=O. The summed E-state index contributed by atoms with van der Waals surface area (Å²) in [6.07, 6.45) is 5.63. The van der Waals surface area contributed by atoms with E-state index in [-0.39, 0.29) is 61.0 Å². The summed E-state index contributed by atoms with van der Waals surface area (Å²) >= 11 is 12.3. The van der Waals surface area contributed by atoms with Crippen LogP contribution in [-0.4, -0.2) is 52.1 Å². The summed E-state index contributed by atoms with van der Waals surface area (Å²) in [7, 11) is 0. The lowest BCUT2D eigenvalue weighted by Gasteiger charge is -2.30. The van der Waals surface area contributed by atoms with Gasteiger partial charge in [-0.05, 0) is 50.8 Å². The molecule has 1 aromatic rings. The summed E-state index contributed by atoms with van der Waals surface area (Å²) in [6.45, 7) is 5.61. The molecule has 34 heavy (non-hydrogen) atoms.